The van der Waals surface area contributed by atoms with Crippen molar-refractivity contribution >= 4 is 16.7 Å². The minimum absolute atomic E-state index is 0.661. The largest absolute Gasteiger partial charge is 0.369 e. The number of benzene rings is 1. The smallest absolute Gasteiger partial charge is 0.137 e. The van der Waals surface area contributed by atoms with E-state index >= 15 is 0 Å². The average Bonchev–Trinajstić information content (AvgIpc) is 2.35. The number of fused-ring (bicyclic) bond motifs is 1. The lowest BCUT2D eigenvalue weighted by atomic mass is 10.1. The maximum Gasteiger partial charge on any atom is 0.137 e. The van der Waals surface area contributed by atoms with E-state index in [2.05, 4.69) is 29.1 Å². The Morgan fingerprint density at radius 2 is 2.06 bits per heavy atom. The zero-order valence-corrected chi connectivity index (χ0v) is 9.77. The van der Waals surface area contributed by atoms with Crippen LogP contribution in [0.25, 0.3) is 10.9 Å². The first kappa shape index (κ1) is 10.9. The van der Waals surface area contributed by atoms with Gasteiger partial charge in [-0.25, -0.2) is 9.97 Å². The summed E-state index contributed by atoms with van der Waals surface area (Å²) < 4.78 is 0. The second-order valence-electron chi connectivity index (χ2n) is 4.13. The Bertz CT molecular complexity index is 462. The Labute approximate surface area is 95.9 Å². The molecule has 1 atom stereocenters. The molecule has 3 heteroatoms. The SMILES string of the molecule is CCC(C)CNc1ncnc2ccccc12. The van der Waals surface area contributed by atoms with E-state index in [0.717, 1.165) is 23.3 Å². The van der Waals surface area contributed by atoms with Crippen LogP contribution in [0.4, 0.5) is 5.82 Å². The summed E-state index contributed by atoms with van der Waals surface area (Å²) in [5.41, 5.74) is 0.990. The quantitative estimate of drug-likeness (QED) is 0.851. The Hall–Kier alpha value is -1.64. The van der Waals surface area contributed by atoms with Crippen molar-refractivity contribution in [1.29, 1.82) is 0 Å². The predicted molar refractivity (Wildman–Crippen MR) is 67.5 cm³/mol. The van der Waals surface area contributed by atoms with E-state index in [4.69, 9.17) is 0 Å². The van der Waals surface area contributed by atoms with Gasteiger partial charge in [-0.3, -0.25) is 0 Å². The topological polar surface area (TPSA) is 37.8 Å². The fourth-order valence-corrected chi connectivity index (χ4v) is 1.56. The molecular formula is C13H17N3. The highest BCUT2D eigenvalue weighted by molar-refractivity contribution is 5.88. The standard InChI is InChI=1S/C13H17N3/c1-3-10(2)8-14-13-11-6-4-5-7-12(11)15-9-16-13/h4-7,9-10H,3,8H2,1-2H3,(H,14,15,16). The molecule has 0 saturated heterocycles. The van der Waals surface area contributed by atoms with Gasteiger partial charge in [0, 0.05) is 11.9 Å². The van der Waals surface area contributed by atoms with Gasteiger partial charge in [-0.05, 0) is 18.1 Å². The van der Waals surface area contributed by atoms with E-state index in [1.54, 1.807) is 6.33 Å². The van der Waals surface area contributed by atoms with Crippen molar-refractivity contribution in [3.05, 3.63) is 30.6 Å². The van der Waals surface area contributed by atoms with Crippen molar-refractivity contribution in [2.75, 3.05) is 11.9 Å². The van der Waals surface area contributed by atoms with Crippen molar-refractivity contribution in [3.63, 3.8) is 0 Å². The van der Waals surface area contributed by atoms with Gasteiger partial charge in [-0.1, -0.05) is 32.4 Å². The van der Waals surface area contributed by atoms with Gasteiger partial charge in [0.1, 0.15) is 12.1 Å². The van der Waals surface area contributed by atoms with Gasteiger partial charge in [0.15, 0.2) is 0 Å². The van der Waals surface area contributed by atoms with Crippen LogP contribution < -0.4 is 5.32 Å². The molecule has 2 aromatic rings. The van der Waals surface area contributed by atoms with Crippen LogP contribution in [0, 0.1) is 5.92 Å². The zero-order valence-electron chi connectivity index (χ0n) is 9.77. The van der Waals surface area contributed by atoms with Gasteiger partial charge >= 0.3 is 0 Å². The average molecular weight is 215 g/mol. The molecule has 1 aromatic heterocycles. The Balaban J connectivity index is 2.23. The highest BCUT2D eigenvalue weighted by atomic mass is 15.0. The first-order chi connectivity index (χ1) is 7.81. The molecule has 0 bridgehead atoms. The van der Waals surface area contributed by atoms with E-state index < -0.39 is 0 Å². The number of anilines is 1. The Morgan fingerprint density at radius 3 is 2.88 bits per heavy atom. The van der Waals surface area contributed by atoms with Crippen LogP contribution in [0.2, 0.25) is 0 Å². The van der Waals surface area contributed by atoms with Crippen LogP contribution in [-0.2, 0) is 0 Å². The summed E-state index contributed by atoms with van der Waals surface area (Å²) in [6.45, 7) is 5.39. The molecular weight excluding hydrogens is 198 g/mol. The molecule has 1 N–H and O–H groups in total. The summed E-state index contributed by atoms with van der Waals surface area (Å²) in [4.78, 5) is 8.53. The van der Waals surface area contributed by atoms with E-state index in [-0.39, 0.29) is 0 Å². The number of nitrogens with one attached hydrogen (secondary N) is 1. The van der Waals surface area contributed by atoms with Crippen molar-refractivity contribution < 1.29 is 0 Å². The van der Waals surface area contributed by atoms with Crippen molar-refractivity contribution in [3.8, 4) is 0 Å². The van der Waals surface area contributed by atoms with Crippen LogP contribution in [0.3, 0.4) is 0 Å². The zero-order chi connectivity index (χ0) is 11.4. The molecule has 16 heavy (non-hydrogen) atoms. The first-order valence-electron chi connectivity index (χ1n) is 5.75. The van der Waals surface area contributed by atoms with Crippen molar-refractivity contribution in [2.45, 2.75) is 20.3 Å². The molecule has 0 aliphatic heterocycles. The summed E-state index contributed by atoms with van der Waals surface area (Å²) >= 11 is 0. The summed E-state index contributed by atoms with van der Waals surface area (Å²) in [5.74, 6) is 1.60. The summed E-state index contributed by atoms with van der Waals surface area (Å²) in [7, 11) is 0. The maximum absolute atomic E-state index is 4.29. The fraction of sp³-hybridized carbons (Fsp3) is 0.385. The molecule has 3 nitrogen and oxygen atoms in total. The van der Waals surface area contributed by atoms with Gasteiger partial charge < -0.3 is 5.32 Å². The number of nitrogens with zero attached hydrogens (tertiary/aromatic N) is 2. The summed E-state index contributed by atoms with van der Waals surface area (Å²) in [5, 5.41) is 4.48. The van der Waals surface area contributed by atoms with Crippen LogP contribution >= 0.6 is 0 Å². The molecule has 0 spiro atoms. The lowest BCUT2D eigenvalue weighted by Gasteiger charge is -2.11. The molecule has 2 rings (SSSR count). The Morgan fingerprint density at radius 1 is 1.25 bits per heavy atom. The van der Waals surface area contributed by atoms with E-state index in [0.29, 0.717) is 5.92 Å². The summed E-state index contributed by atoms with van der Waals surface area (Å²) in [6, 6.07) is 8.06. The molecule has 0 aliphatic carbocycles. The normalized spacial score (nSPS) is 12.6. The Kier molecular flexibility index (Phi) is 3.34. The molecule has 0 saturated carbocycles. The summed E-state index contributed by atoms with van der Waals surface area (Å²) in [6.07, 6.45) is 2.79. The second-order valence-corrected chi connectivity index (χ2v) is 4.13. The number of para-hydroxylation sites is 1. The number of hydrogen-bond acceptors (Lipinski definition) is 3. The van der Waals surface area contributed by atoms with Crippen LogP contribution in [-0.4, -0.2) is 16.5 Å². The third-order valence-corrected chi connectivity index (χ3v) is 2.86. The van der Waals surface area contributed by atoms with Crippen molar-refractivity contribution in [2.24, 2.45) is 5.92 Å². The third-order valence-electron chi connectivity index (χ3n) is 2.86. The van der Waals surface area contributed by atoms with Gasteiger partial charge in [0.05, 0.1) is 5.52 Å². The van der Waals surface area contributed by atoms with Gasteiger partial charge in [-0.15, -0.1) is 0 Å². The molecule has 1 heterocycles. The monoisotopic (exact) mass is 215 g/mol. The first-order valence-corrected chi connectivity index (χ1v) is 5.75. The second kappa shape index (κ2) is 4.92. The van der Waals surface area contributed by atoms with E-state index in [1.165, 1.54) is 6.42 Å². The molecule has 84 valence electrons. The fourth-order valence-electron chi connectivity index (χ4n) is 1.56. The van der Waals surface area contributed by atoms with Gasteiger partial charge in [-0.2, -0.15) is 0 Å². The number of rotatable bonds is 4. The number of hydrogen-bond donors (Lipinski definition) is 1. The molecule has 0 fully saturated rings. The molecule has 1 aromatic carbocycles. The van der Waals surface area contributed by atoms with Crippen LogP contribution in [0.15, 0.2) is 30.6 Å². The number of aromatic nitrogens is 2. The maximum atomic E-state index is 4.29. The molecule has 0 aliphatic rings. The highest BCUT2D eigenvalue weighted by Gasteiger charge is 2.03. The third kappa shape index (κ3) is 2.30. The van der Waals surface area contributed by atoms with Crippen LogP contribution in [0.5, 0.6) is 0 Å². The molecule has 0 amide bonds. The van der Waals surface area contributed by atoms with Crippen LogP contribution in [0.1, 0.15) is 20.3 Å². The predicted octanol–water partition coefficient (Wildman–Crippen LogP) is 3.09. The lowest BCUT2D eigenvalue weighted by Crippen LogP contribution is -2.11. The minimum atomic E-state index is 0.661. The van der Waals surface area contributed by atoms with Crippen molar-refractivity contribution in [1.82, 2.24) is 9.97 Å². The van der Waals surface area contributed by atoms with Gasteiger partial charge in [0.25, 0.3) is 0 Å². The van der Waals surface area contributed by atoms with E-state index in [9.17, 15) is 0 Å². The van der Waals surface area contributed by atoms with Gasteiger partial charge in [0.2, 0.25) is 0 Å². The minimum Gasteiger partial charge on any atom is -0.369 e. The molecule has 1 unspecified atom stereocenters. The highest BCUT2D eigenvalue weighted by Crippen LogP contribution is 2.18. The molecule has 0 radical (unpaired) electrons. The lowest BCUT2D eigenvalue weighted by molar-refractivity contribution is 0.593. The van der Waals surface area contributed by atoms with E-state index in [1.807, 2.05) is 24.3 Å².